The summed E-state index contributed by atoms with van der Waals surface area (Å²) in [4.78, 5) is 20.9. The number of morpholine rings is 1. The first kappa shape index (κ1) is 14.0. The summed E-state index contributed by atoms with van der Waals surface area (Å²) in [6.07, 6.45) is 5.62. The van der Waals surface area contributed by atoms with E-state index in [1.807, 2.05) is 0 Å². The maximum Gasteiger partial charge on any atom is 0.220 e. The number of aromatic nitrogens is 2. The lowest BCUT2D eigenvalue weighted by Gasteiger charge is -2.26. The Hall–Kier alpha value is -1.40. The topological polar surface area (TPSA) is 70.2 Å². The smallest absolute Gasteiger partial charge is 0.220 e. The van der Waals surface area contributed by atoms with Crippen molar-refractivity contribution in [1.29, 1.82) is 0 Å². The Morgan fingerprint density at radius 2 is 2.32 bits per heavy atom. The van der Waals surface area contributed by atoms with Crippen LogP contribution in [0.15, 0.2) is 12.5 Å². The molecule has 0 aliphatic carbocycles. The molecular weight excluding hydrogens is 244 g/mol. The zero-order valence-corrected chi connectivity index (χ0v) is 11.2. The molecule has 1 saturated heterocycles. The third kappa shape index (κ3) is 5.40. The molecule has 106 valence electrons. The van der Waals surface area contributed by atoms with Gasteiger partial charge in [0, 0.05) is 37.9 Å². The van der Waals surface area contributed by atoms with Gasteiger partial charge in [-0.2, -0.15) is 0 Å². The lowest BCUT2D eigenvalue weighted by molar-refractivity contribution is -0.121. The second-order valence-corrected chi connectivity index (χ2v) is 4.73. The van der Waals surface area contributed by atoms with Crippen molar-refractivity contribution < 1.29 is 9.53 Å². The van der Waals surface area contributed by atoms with Gasteiger partial charge in [0.2, 0.25) is 5.91 Å². The second-order valence-electron chi connectivity index (χ2n) is 4.73. The molecule has 19 heavy (non-hydrogen) atoms. The van der Waals surface area contributed by atoms with Crippen LogP contribution in [0.5, 0.6) is 0 Å². The van der Waals surface area contributed by atoms with Crippen LogP contribution in [-0.4, -0.2) is 60.2 Å². The van der Waals surface area contributed by atoms with E-state index in [-0.39, 0.29) is 5.91 Å². The van der Waals surface area contributed by atoms with E-state index >= 15 is 0 Å². The standard InChI is InChI=1S/C13H22N4O2/c18-13(3-2-12-10-14-11-16-12)15-4-1-5-17-6-8-19-9-7-17/h10-11H,1-9H2,(H,14,16)(H,15,18). The number of carbonyl (C=O) groups is 1. The molecule has 1 aromatic rings. The van der Waals surface area contributed by atoms with Gasteiger partial charge >= 0.3 is 0 Å². The average molecular weight is 266 g/mol. The predicted molar refractivity (Wildman–Crippen MR) is 71.8 cm³/mol. The van der Waals surface area contributed by atoms with E-state index in [1.54, 1.807) is 12.5 Å². The number of carbonyl (C=O) groups excluding carboxylic acids is 1. The van der Waals surface area contributed by atoms with Crippen molar-refractivity contribution in [2.45, 2.75) is 19.3 Å². The number of ether oxygens (including phenoxy) is 1. The lowest BCUT2D eigenvalue weighted by atomic mass is 10.2. The molecule has 0 atom stereocenters. The molecule has 2 N–H and O–H groups in total. The van der Waals surface area contributed by atoms with Crippen molar-refractivity contribution in [3.05, 3.63) is 18.2 Å². The maximum atomic E-state index is 11.6. The molecule has 1 amide bonds. The van der Waals surface area contributed by atoms with Crippen LogP contribution in [0.2, 0.25) is 0 Å². The third-order valence-corrected chi connectivity index (χ3v) is 3.25. The first-order valence-electron chi connectivity index (χ1n) is 6.88. The molecule has 0 unspecified atom stereocenters. The highest BCUT2D eigenvalue weighted by molar-refractivity contribution is 5.76. The highest BCUT2D eigenvalue weighted by Crippen LogP contribution is 1.98. The van der Waals surface area contributed by atoms with Crippen molar-refractivity contribution in [3.8, 4) is 0 Å². The molecule has 0 saturated carbocycles. The molecule has 1 aliphatic rings. The van der Waals surface area contributed by atoms with E-state index in [9.17, 15) is 4.79 Å². The summed E-state index contributed by atoms with van der Waals surface area (Å²) >= 11 is 0. The fourth-order valence-corrected chi connectivity index (χ4v) is 2.11. The van der Waals surface area contributed by atoms with E-state index in [4.69, 9.17) is 4.74 Å². The molecule has 0 spiro atoms. The van der Waals surface area contributed by atoms with Crippen molar-refractivity contribution in [2.24, 2.45) is 0 Å². The van der Waals surface area contributed by atoms with Crippen LogP contribution in [0.1, 0.15) is 18.5 Å². The number of hydrogen-bond donors (Lipinski definition) is 2. The summed E-state index contributed by atoms with van der Waals surface area (Å²) in [5.74, 6) is 0.108. The van der Waals surface area contributed by atoms with Gasteiger partial charge in [0.25, 0.3) is 0 Å². The fourth-order valence-electron chi connectivity index (χ4n) is 2.11. The number of hydrogen-bond acceptors (Lipinski definition) is 4. The van der Waals surface area contributed by atoms with Crippen molar-refractivity contribution in [3.63, 3.8) is 0 Å². The number of imidazole rings is 1. The molecule has 6 heteroatoms. The minimum absolute atomic E-state index is 0.108. The van der Waals surface area contributed by atoms with Crippen molar-refractivity contribution >= 4 is 5.91 Å². The van der Waals surface area contributed by atoms with Gasteiger partial charge in [-0.1, -0.05) is 0 Å². The van der Waals surface area contributed by atoms with Gasteiger partial charge in [0.15, 0.2) is 0 Å². The van der Waals surface area contributed by atoms with Gasteiger partial charge in [-0.05, 0) is 19.4 Å². The van der Waals surface area contributed by atoms with Crippen LogP contribution in [0.4, 0.5) is 0 Å². The Bertz CT molecular complexity index is 361. The van der Waals surface area contributed by atoms with E-state index < -0.39 is 0 Å². The van der Waals surface area contributed by atoms with Gasteiger partial charge in [0.1, 0.15) is 0 Å². The summed E-state index contributed by atoms with van der Waals surface area (Å²) in [6, 6.07) is 0. The zero-order chi connectivity index (χ0) is 13.3. The Labute approximate surface area is 113 Å². The number of H-pyrrole nitrogens is 1. The number of rotatable bonds is 7. The quantitative estimate of drug-likeness (QED) is 0.691. The van der Waals surface area contributed by atoms with Crippen LogP contribution in [0.25, 0.3) is 0 Å². The molecular formula is C13H22N4O2. The number of aryl methyl sites for hydroxylation is 1. The summed E-state index contributed by atoms with van der Waals surface area (Å²) in [5, 5.41) is 2.95. The Morgan fingerprint density at radius 3 is 3.05 bits per heavy atom. The molecule has 6 nitrogen and oxygen atoms in total. The summed E-state index contributed by atoms with van der Waals surface area (Å²) in [5.41, 5.74) is 1.00. The van der Waals surface area contributed by atoms with Crippen LogP contribution in [-0.2, 0) is 16.0 Å². The highest BCUT2D eigenvalue weighted by Gasteiger charge is 2.09. The molecule has 0 bridgehead atoms. The van der Waals surface area contributed by atoms with E-state index in [1.165, 1.54) is 0 Å². The molecule has 1 aliphatic heterocycles. The highest BCUT2D eigenvalue weighted by atomic mass is 16.5. The first-order valence-corrected chi connectivity index (χ1v) is 6.88. The molecule has 1 aromatic heterocycles. The van der Waals surface area contributed by atoms with Crippen molar-refractivity contribution in [1.82, 2.24) is 20.2 Å². The maximum absolute atomic E-state index is 11.6. The number of amides is 1. The lowest BCUT2D eigenvalue weighted by Crippen LogP contribution is -2.38. The molecule has 1 fully saturated rings. The largest absolute Gasteiger partial charge is 0.379 e. The van der Waals surface area contributed by atoms with Gasteiger partial charge < -0.3 is 15.0 Å². The monoisotopic (exact) mass is 266 g/mol. The van der Waals surface area contributed by atoms with Crippen LogP contribution in [0.3, 0.4) is 0 Å². The molecule has 2 rings (SSSR count). The van der Waals surface area contributed by atoms with E-state index in [0.29, 0.717) is 6.42 Å². The fraction of sp³-hybridized carbons (Fsp3) is 0.692. The van der Waals surface area contributed by atoms with E-state index in [0.717, 1.165) is 57.9 Å². The first-order chi connectivity index (χ1) is 9.34. The van der Waals surface area contributed by atoms with Gasteiger partial charge in [-0.3, -0.25) is 9.69 Å². The van der Waals surface area contributed by atoms with Gasteiger partial charge in [0.05, 0.1) is 19.5 Å². The summed E-state index contributed by atoms with van der Waals surface area (Å²) in [7, 11) is 0. The zero-order valence-electron chi connectivity index (χ0n) is 11.2. The molecule has 0 radical (unpaired) electrons. The Kier molecular flexibility index (Phi) is 5.84. The summed E-state index contributed by atoms with van der Waals surface area (Å²) < 4.78 is 5.29. The summed E-state index contributed by atoms with van der Waals surface area (Å²) in [6.45, 7) is 5.46. The van der Waals surface area contributed by atoms with Gasteiger partial charge in [-0.15, -0.1) is 0 Å². The van der Waals surface area contributed by atoms with Gasteiger partial charge in [-0.25, -0.2) is 4.98 Å². The van der Waals surface area contributed by atoms with Crippen LogP contribution in [0, 0.1) is 0 Å². The molecule has 2 heterocycles. The minimum Gasteiger partial charge on any atom is -0.379 e. The molecule has 0 aromatic carbocycles. The predicted octanol–water partition coefficient (Wildman–Crippen LogP) is 0.181. The minimum atomic E-state index is 0.108. The number of nitrogens with zero attached hydrogens (tertiary/aromatic N) is 2. The van der Waals surface area contributed by atoms with Crippen LogP contribution < -0.4 is 5.32 Å². The average Bonchev–Trinajstić information content (AvgIpc) is 2.96. The Balaban J connectivity index is 1.49. The Morgan fingerprint density at radius 1 is 1.47 bits per heavy atom. The number of nitrogens with one attached hydrogen (secondary N) is 2. The normalized spacial score (nSPS) is 16.4. The second kappa shape index (κ2) is 7.91. The van der Waals surface area contributed by atoms with Crippen LogP contribution >= 0.6 is 0 Å². The number of aromatic amines is 1. The third-order valence-electron chi connectivity index (χ3n) is 3.25. The van der Waals surface area contributed by atoms with E-state index in [2.05, 4.69) is 20.2 Å². The SMILES string of the molecule is O=C(CCc1cnc[nH]1)NCCCN1CCOCC1. The van der Waals surface area contributed by atoms with Crippen molar-refractivity contribution in [2.75, 3.05) is 39.4 Å².